The number of ether oxygens (including phenoxy) is 2. The summed E-state index contributed by atoms with van der Waals surface area (Å²) in [6, 6.07) is 5.98. The van der Waals surface area contributed by atoms with Crippen LogP contribution in [0.1, 0.15) is 65.0 Å². The number of hydrogen-bond donors (Lipinski definition) is 1. The third kappa shape index (κ3) is 5.22. The molecule has 5 nitrogen and oxygen atoms in total. The lowest BCUT2D eigenvalue weighted by Crippen LogP contribution is -2.17. The number of esters is 1. The zero-order valence-electron chi connectivity index (χ0n) is 18.3. The predicted molar refractivity (Wildman–Crippen MR) is 121 cm³/mol. The number of nitrogens with one attached hydrogen (secondary N) is 1. The molecule has 1 atom stereocenters. The van der Waals surface area contributed by atoms with Crippen LogP contribution in [0.5, 0.6) is 5.75 Å². The van der Waals surface area contributed by atoms with E-state index in [-0.39, 0.29) is 11.9 Å². The molecule has 1 unspecified atom stereocenters. The van der Waals surface area contributed by atoms with Crippen LogP contribution in [-0.4, -0.2) is 25.1 Å². The van der Waals surface area contributed by atoms with E-state index in [2.05, 4.69) is 25.2 Å². The molecule has 1 aromatic carbocycles. The van der Waals surface area contributed by atoms with Crippen LogP contribution < -0.4 is 10.1 Å². The molecule has 0 fully saturated rings. The summed E-state index contributed by atoms with van der Waals surface area (Å²) in [6.07, 6.45) is 3.81. The van der Waals surface area contributed by atoms with Gasteiger partial charge in [0.05, 0.1) is 18.8 Å². The smallest absolute Gasteiger partial charge is 0.341 e. The van der Waals surface area contributed by atoms with Crippen molar-refractivity contribution in [1.29, 1.82) is 0 Å². The first-order chi connectivity index (χ1) is 14.4. The molecule has 162 valence electrons. The Morgan fingerprint density at radius 2 is 2.07 bits per heavy atom. The number of carbonyl (C=O) groups excluding carboxylic acids is 2. The van der Waals surface area contributed by atoms with Gasteiger partial charge >= 0.3 is 5.97 Å². The SMILES string of the molecule is CCOC(=O)c1c(NC(=O)CCCOc2cccc(C)c2C)sc2c1CCC(C)C2. The van der Waals surface area contributed by atoms with Crippen LogP contribution in [0.15, 0.2) is 18.2 Å². The summed E-state index contributed by atoms with van der Waals surface area (Å²) in [6.45, 7) is 8.91. The molecule has 6 heteroatoms. The molecule has 0 radical (unpaired) electrons. The van der Waals surface area contributed by atoms with Crippen LogP contribution in [0.25, 0.3) is 0 Å². The molecule has 1 amide bonds. The van der Waals surface area contributed by atoms with Crippen LogP contribution in [0.4, 0.5) is 5.00 Å². The van der Waals surface area contributed by atoms with E-state index in [0.717, 1.165) is 36.1 Å². The summed E-state index contributed by atoms with van der Waals surface area (Å²) >= 11 is 1.52. The van der Waals surface area contributed by atoms with Gasteiger partial charge in [-0.1, -0.05) is 19.1 Å². The van der Waals surface area contributed by atoms with E-state index in [4.69, 9.17) is 9.47 Å². The van der Waals surface area contributed by atoms with Gasteiger partial charge in [0.1, 0.15) is 10.8 Å². The third-order valence-electron chi connectivity index (χ3n) is 5.60. The van der Waals surface area contributed by atoms with Gasteiger partial charge in [-0.2, -0.15) is 0 Å². The van der Waals surface area contributed by atoms with Crippen molar-refractivity contribution in [2.24, 2.45) is 5.92 Å². The van der Waals surface area contributed by atoms with Crippen molar-refractivity contribution < 1.29 is 19.1 Å². The number of benzene rings is 1. The highest BCUT2D eigenvalue weighted by Gasteiger charge is 2.29. The molecule has 1 aromatic heterocycles. The Kier molecular flexibility index (Phi) is 7.53. The second-order valence-electron chi connectivity index (χ2n) is 7.97. The van der Waals surface area contributed by atoms with Crippen molar-refractivity contribution in [2.45, 2.75) is 59.8 Å². The number of rotatable bonds is 8. The lowest BCUT2D eigenvalue weighted by Gasteiger charge is -2.18. The molecular weight excluding hydrogens is 398 g/mol. The Morgan fingerprint density at radius 1 is 1.27 bits per heavy atom. The van der Waals surface area contributed by atoms with Crippen molar-refractivity contribution in [2.75, 3.05) is 18.5 Å². The number of carbonyl (C=O) groups is 2. The lowest BCUT2D eigenvalue weighted by molar-refractivity contribution is -0.116. The average molecular weight is 430 g/mol. The normalized spacial score (nSPS) is 15.4. The Labute approximate surface area is 182 Å². The van der Waals surface area contributed by atoms with Crippen LogP contribution in [0, 0.1) is 19.8 Å². The minimum atomic E-state index is -0.335. The number of fused-ring (bicyclic) bond motifs is 1. The number of anilines is 1. The minimum Gasteiger partial charge on any atom is -0.493 e. The zero-order chi connectivity index (χ0) is 21.7. The van der Waals surface area contributed by atoms with Gasteiger partial charge in [0.25, 0.3) is 0 Å². The largest absolute Gasteiger partial charge is 0.493 e. The summed E-state index contributed by atoms with van der Waals surface area (Å²) in [5.41, 5.74) is 3.93. The fraction of sp³-hybridized carbons (Fsp3) is 0.500. The second kappa shape index (κ2) is 10.1. The lowest BCUT2D eigenvalue weighted by atomic mass is 9.88. The van der Waals surface area contributed by atoms with Crippen LogP contribution in [0.3, 0.4) is 0 Å². The number of aryl methyl sites for hydroxylation is 1. The Bertz CT molecular complexity index is 918. The number of thiophene rings is 1. The first-order valence-electron chi connectivity index (χ1n) is 10.7. The Morgan fingerprint density at radius 3 is 2.83 bits per heavy atom. The predicted octanol–water partition coefficient (Wildman–Crippen LogP) is 5.46. The standard InChI is InChI=1S/C24H31NO4S/c1-5-28-24(27)22-18-12-11-15(2)14-20(18)30-23(22)25-21(26)10-7-13-29-19-9-6-8-16(3)17(19)4/h6,8-9,15H,5,7,10-14H2,1-4H3,(H,25,26). The first-order valence-corrected chi connectivity index (χ1v) is 11.5. The van der Waals surface area contributed by atoms with Gasteiger partial charge in [-0.05, 0) is 75.1 Å². The van der Waals surface area contributed by atoms with E-state index in [1.807, 2.05) is 19.1 Å². The van der Waals surface area contributed by atoms with Gasteiger partial charge < -0.3 is 14.8 Å². The van der Waals surface area contributed by atoms with Crippen molar-refractivity contribution >= 4 is 28.2 Å². The molecule has 1 aliphatic rings. The summed E-state index contributed by atoms with van der Waals surface area (Å²) in [5, 5.41) is 3.60. The van der Waals surface area contributed by atoms with E-state index in [0.29, 0.717) is 42.5 Å². The van der Waals surface area contributed by atoms with Crippen molar-refractivity contribution in [3.8, 4) is 5.75 Å². The van der Waals surface area contributed by atoms with Gasteiger partial charge in [0, 0.05) is 11.3 Å². The van der Waals surface area contributed by atoms with Gasteiger partial charge in [-0.3, -0.25) is 4.79 Å². The van der Waals surface area contributed by atoms with Crippen molar-refractivity contribution in [1.82, 2.24) is 0 Å². The van der Waals surface area contributed by atoms with E-state index < -0.39 is 0 Å². The highest BCUT2D eigenvalue weighted by molar-refractivity contribution is 7.17. The van der Waals surface area contributed by atoms with Gasteiger partial charge in [0.2, 0.25) is 5.91 Å². The van der Waals surface area contributed by atoms with E-state index in [1.165, 1.54) is 21.8 Å². The van der Waals surface area contributed by atoms with Gasteiger partial charge in [-0.15, -0.1) is 11.3 Å². The van der Waals surface area contributed by atoms with E-state index in [1.54, 1.807) is 6.92 Å². The zero-order valence-corrected chi connectivity index (χ0v) is 19.1. The minimum absolute atomic E-state index is 0.100. The summed E-state index contributed by atoms with van der Waals surface area (Å²) < 4.78 is 11.1. The second-order valence-corrected chi connectivity index (χ2v) is 9.08. The maximum absolute atomic E-state index is 12.6. The van der Waals surface area contributed by atoms with E-state index >= 15 is 0 Å². The summed E-state index contributed by atoms with van der Waals surface area (Å²) in [7, 11) is 0. The highest BCUT2D eigenvalue weighted by atomic mass is 32.1. The molecule has 0 saturated heterocycles. The first kappa shape index (κ1) is 22.3. The van der Waals surface area contributed by atoms with Gasteiger partial charge in [-0.25, -0.2) is 4.79 Å². The molecule has 1 heterocycles. The molecule has 3 rings (SSSR count). The highest BCUT2D eigenvalue weighted by Crippen LogP contribution is 2.40. The molecule has 0 aliphatic heterocycles. The number of amides is 1. The fourth-order valence-corrected chi connectivity index (χ4v) is 5.16. The maximum atomic E-state index is 12.6. The quantitative estimate of drug-likeness (QED) is 0.447. The van der Waals surface area contributed by atoms with Crippen molar-refractivity contribution in [3.63, 3.8) is 0 Å². The monoisotopic (exact) mass is 429 g/mol. The summed E-state index contributed by atoms with van der Waals surface area (Å²) in [4.78, 5) is 26.3. The van der Waals surface area contributed by atoms with Crippen LogP contribution in [-0.2, 0) is 22.4 Å². The molecule has 0 saturated carbocycles. The molecule has 30 heavy (non-hydrogen) atoms. The molecule has 0 bridgehead atoms. The van der Waals surface area contributed by atoms with Crippen LogP contribution >= 0.6 is 11.3 Å². The van der Waals surface area contributed by atoms with E-state index in [9.17, 15) is 9.59 Å². The molecule has 1 aliphatic carbocycles. The maximum Gasteiger partial charge on any atom is 0.341 e. The number of hydrogen-bond acceptors (Lipinski definition) is 5. The summed E-state index contributed by atoms with van der Waals surface area (Å²) in [5.74, 6) is 1.02. The Balaban J connectivity index is 1.60. The average Bonchev–Trinajstić information content (AvgIpc) is 3.05. The molecule has 0 spiro atoms. The Hall–Kier alpha value is -2.34. The van der Waals surface area contributed by atoms with Gasteiger partial charge in [0.15, 0.2) is 0 Å². The molecule has 2 aromatic rings. The topological polar surface area (TPSA) is 64.6 Å². The third-order valence-corrected chi connectivity index (χ3v) is 6.77. The molecule has 1 N–H and O–H groups in total. The molecular formula is C24H31NO4S. The fourth-order valence-electron chi connectivity index (χ4n) is 3.74. The van der Waals surface area contributed by atoms with Crippen molar-refractivity contribution in [3.05, 3.63) is 45.3 Å². The van der Waals surface area contributed by atoms with Crippen LogP contribution in [0.2, 0.25) is 0 Å².